The van der Waals surface area contributed by atoms with Crippen molar-refractivity contribution in [3.63, 3.8) is 0 Å². The summed E-state index contributed by atoms with van der Waals surface area (Å²) in [6.07, 6.45) is 5.53. The molecule has 0 bridgehead atoms. The Morgan fingerprint density at radius 2 is 2.00 bits per heavy atom. The van der Waals surface area contributed by atoms with Crippen LogP contribution in [0.3, 0.4) is 0 Å². The SMILES string of the molecule is CCCCCN(Cc1cccn1Cc1cccc(C)c1)C(C)=O. The van der Waals surface area contributed by atoms with E-state index in [0.29, 0.717) is 6.54 Å². The normalized spacial score (nSPS) is 10.7. The number of rotatable bonds is 8. The molecule has 3 nitrogen and oxygen atoms in total. The lowest BCUT2D eigenvalue weighted by atomic mass is 10.1. The van der Waals surface area contributed by atoms with Gasteiger partial charge in [-0.2, -0.15) is 0 Å². The van der Waals surface area contributed by atoms with Gasteiger partial charge in [-0.3, -0.25) is 4.79 Å². The van der Waals surface area contributed by atoms with Gasteiger partial charge in [-0.25, -0.2) is 0 Å². The Balaban J connectivity index is 2.05. The van der Waals surface area contributed by atoms with Crippen LogP contribution >= 0.6 is 0 Å². The maximum atomic E-state index is 11.9. The molecule has 1 heterocycles. The van der Waals surface area contributed by atoms with Gasteiger partial charge >= 0.3 is 0 Å². The summed E-state index contributed by atoms with van der Waals surface area (Å²) in [5, 5.41) is 0. The molecule has 0 saturated heterocycles. The first-order valence-electron chi connectivity index (χ1n) is 8.55. The lowest BCUT2D eigenvalue weighted by molar-refractivity contribution is -0.129. The number of carbonyl (C=O) groups excluding carboxylic acids is 1. The zero-order valence-electron chi connectivity index (χ0n) is 14.6. The number of hydrogen-bond acceptors (Lipinski definition) is 1. The Morgan fingerprint density at radius 1 is 1.17 bits per heavy atom. The fourth-order valence-electron chi connectivity index (χ4n) is 2.85. The molecule has 0 atom stereocenters. The fraction of sp³-hybridized carbons (Fsp3) is 0.450. The number of benzene rings is 1. The third kappa shape index (κ3) is 5.27. The lowest BCUT2D eigenvalue weighted by Gasteiger charge is -2.22. The van der Waals surface area contributed by atoms with Crippen molar-refractivity contribution < 1.29 is 4.79 Å². The molecule has 2 rings (SSSR count). The van der Waals surface area contributed by atoms with Crippen LogP contribution in [0.25, 0.3) is 0 Å². The van der Waals surface area contributed by atoms with Crippen molar-refractivity contribution >= 4 is 5.91 Å². The summed E-state index contributed by atoms with van der Waals surface area (Å²) in [5.41, 5.74) is 3.77. The molecule has 0 saturated carbocycles. The van der Waals surface area contributed by atoms with E-state index in [-0.39, 0.29) is 5.91 Å². The minimum atomic E-state index is 0.157. The van der Waals surface area contributed by atoms with E-state index in [4.69, 9.17) is 0 Å². The molecule has 1 amide bonds. The van der Waals surface area contributed by atoms with Crippen LogP contribution < -0.4 is 0 Å². The van der Waals surface area contributed by atoms with Crippen LogP contribution in [0.2, 0.25) is 0 Å². The number of carbonyl (C=O) groups is 1. The summed E-state index contributed by atoms with van der Waals surface area (Å²) in [7, 11) is 0. The van der Waals surface area contributed by atoms with Gasteiger partial charge in [-0.15, -0.1) is 0 Å². The third-order valence-electron chi connectivity index (χ3n) is 4.19. The molecule has 0 aliphatic rings. The highest BCUT2D eigenvalue weighted by Crippen LogP contribution is 2.13. The Kier molecular flexibility index (Phi) is 6.45. The van der Waals surface area contributed by atoms with Gasteiger partial charge in [0, 0.05) is 31.9 Å². The van der Waals surface area contributed by atoms with E-state index in [2.05, 4.69) is 61.0 Å². The first-order chi connectivity index (χ1) is 11.1. The maximum absolute atomic E-state index is 11.9. The van der Waals surface area contributed by atoms with Gasteiger partial charge in [-0.1, -0.05) is 49.6 Å². The summed E-state index contributed by atoms with van der Waals surface area (Å²) >= 11 is 0. The number of hydrogen-bond donors (Lipinski definition) is 0. The highest BCUT2D eigenvalue weighted by atomic mass is 16.2. The Labute approximate surface area is 139 Å². The van der Waals surface area contributed by atoms with Gasteiger partial charge in [-0.05, 0) is 31.0 Å². The molecule has 2 aromatic rings. The van der Waals surface area contributed by atoms with Crippen molar-refractivity contribution in [2.75, 3.05) is 6.54 Å². The molecule has 1 aromatic heterocycles. The van der Waals surface area contributed by atoms with Gasteiger partial charge in [0.05, 0.1) is 6.54 Å². The van der Waals surface area contributed by atoms with Gasteiger partial charge in [0.25, 0.3) is 0 Å². The van der Waals surface area contributed by atoms with Crippen molar-refractivity contribution in [1.29, 1.82) is 0 Å². The highest BCUT2D eigenvalue weighted by molar-refractivity contribution is 5.73. The summed E-state index contributed by atoms with van der Waals surface area (Å²) in [4.78, 5) is 13.9. The fourth-order valence-corrected chi connectivity index (χ4v) is 2.85. The highest BCUT2D eigenvalue weighted by Gasteiger charge is 2.11. The van der Waals surface area contributed by atoms with E-state index in [1.807, 2.05) is 4.90 Å². The van der Waals surface area contributed by atoms with Gasteiger partial charge < -0.3 is 9.47 Å². The van der Waals surface area contributed by atoms with E-state index in [9.17, 15) is 4.79 Å². The molecule has 3 heteroatoms. The van der Waals surface area contributed by atoms with Crippen LogP contribution in [0.1, 0.15) is 49.9 Å². The number of aromatic nitrogens is 1. The largest absolute Gasteiger partial charge is 0.345 e. The van der Waals surface area contributed by atoms with Crippen LogP contribution in [-0.4, -0.2) is 21.9 Å². The van der Waals surface area contributed by atoms with Crippen molar-refractivity contribution in [3.8, 4) is 0 Å². The predicted octanol–water partition coefficient (Wildman–Crippen LogP) is 4.38. The molecule has 0 fully saturated rings. The molecule has 0 unspecified atom stereocenters. The second-order valence-electron chi connectivity index (χ2n) is 6.26. The zero-order valence-corrected chi connectivity index (χ0v) is 14.6. The first kappa shape index (κ1) is 17.3. The first-order valence-corrected chi connectivity index (χ1v) is 8.55. The van der Waals surface area contributed by atoms with Crippen LogP contribution in [-0.2, 0) is 17.9 Å². The second-order valence-corrected chi connectivity index (χ2v) is 6.26. The van der Waals surface area contributed by atoms with E-state index < -0.39 is 0 Å². The molecule has 1 aromatic carbocycles. The molecule has 0 N–H and O–H groups in total. The van der Waals surface area contributed by atoms with Crippen molar-refractivity contribution in [1.82, 2.24) is 9.47 Å². The average molecular weight is 312 g/mol. The standard InChI is InChI=1S/C20H28N2O/c1-4-5-6-12-21(18(3)23)16-20-11-8-13-22(20)15-19-10-7-9-17(2)14-19/h7-11,13-14H,4-6,12,15-16H2,1-3H3. The molecule has 124 valence electrons. The number of aryl methyl sites for hydroxylation is 1. The van der Waals surface area contributed by atoms with E-state index in [1.54, 1.807) is 6.92 Å². The van der Waals surface area contributed by atoms with Crippen LogP contribution in [0.4, 0.5) is 0 Å². The van der Waals surface area contributed by atoms with Crippen molar-refractivity contribution in [3.05, 3.63) is 59.4 Å². The van der Waals surface area contributed by atoms with Crippen molar-refractivity contribution in [2.24, 2.45) is 0 Å². The third-order valence-corrected chi connectivity index (χ3v) is 4.19. The second kappa shape index (κ2) is 8.56. The van der Waals surface area contributed by atoms with Gasteiger partial charge in [0.1, 0.15) is 0 Å². The summed E-state index contributed by atoms with van der Waals surface area (Å²) in [6, 6.07) is 12.8. The van der Waals surface area contributed by atoms with E-state index in [0.717, 1.165) is 19.5 Å². The Morgan fingerprint density at radius 3 is 2.70 bits per heavy atom. The zero-order chi connectivity index (χ0) is 16.7. The topological polar surface area (TPSA) is 25.2 Å². The number of nitrogens with zero attached hydrogens (tertiary/aromatic N) is 2. The van der Waals surface area contributed by atoms with Gasteiger partial charge in [0.2, 0.25) is 5.91 Å². The average Bonchev–Trinajstić information content (AvgIpc) is 2.93. The van der Waals surface area contributed by atoms with E-state index >= 15 is 0 Å². The molecular formula is C20H28N2O. The minimum Gasteiger partial charge on any atom is -0.345 e. The molecular weight excluding hydrogens is 284 g/mol. The van der Waals surface area contributed by atoms with Crippen LogP contribution in [0, 0.1) is 6.92 Å². The molecule has 0 spiro atoms. The van der Waals surface area contributed by atoms with Crippen LogP contribution in [0.15, 0.2) is 42.6 Å². The monoisotopic (exact) mass is 312 g/mol. The van der Waals surface area contributed by atoms with Gasteiger partial charge in [0.15, 0.2) is 0 Å². The Hall–Kier alpha value is -2.03. The predicted molar refractivity (Wildman–Crippen MR) is 95.3 cm³/mol. The Bertz CT molecular complexity index is 630. The molecule has 0 aliphatic heterocycles. The number of unbranched alkanes of at least 4 members (excludes halogenated alkanes) is 2. The molecule has 0 aliphatic carbocycles. The number of amides is 1. The van der Waals surface area contributed by atoms with Crippen LogP contribution in [0.5, 0.6) is 0 Å². The maximum Gasteiger partial charge on any atom is 0.219 e. The lowest BCUT2D eigenvalue weighted by Crippen LogP contribution is -2.30. The minimum absolute atomic E-state index is 0.157. The summed E-state index contributed by atoms with van der Waals surface area (Å²) in [5.74, 6) is 0.157. The smallest absolute Gasteiger partial charge is 0.219 e. The summed E-state index contributed by atoms with van der Waals surface area (Å²) in [6.45, 7) is 8.36. The molecule has 0 radical (unpaired) electrons. The summed E-state index contributed by atoms with van der Waals surface area (Å²) < 4.78 is 2.24. The quantitative estimate of drug-likeness (QED) is 0.664. The molecule has 23 heavy (non-hydrogen) atoms. The van der Waals surface area contributed by atoms with Crippen molar-refractivity contribution in [2.45, 2.75) is 53.1 Å². The van der Waals surface area contributed by atoms with E-state index in [1.165, 1.54) is 29.7 Å².